The maximum atomic E-state index is 3.46. The normalized spacial score (nSPS) is 10.7. The Hall–Kier alpha value is -2.43. The van der Waals surface area contributed by atoms with Crippen molar-refractivity contribution < 1.29 is 0 Å². The van der Waals surface area contributed by atoms with Crippen LogP contribution in [0.25, 0.3) is 16.7 Å². The fourth-order valence-corrected chi connectivity index (χ4v) is 2.71. The van der Waals surface area contributed by atoms with E-state index in [-0.39, 0.29) is 9.90 Å². The maximum absolute atomic E-state index is 3.46. The molecule has 1 atom stereocenters. The lowest BCUT2D eigenvalue weighted by molar-refractivity contribution is 1.04. The Morgan fingerprint density at radius 3 is 1.75 bits per heavy atom. The first-order chi connectivity index (χ1) is 15.3. The molecule has 0 heterocycles. The van der Waals surface area contributed by atoms with Gasteiger partial charge in [0.05, 0.1) is 0 Å². The van der Waals surface area contributed by atoms with Crippen LogP contribution in [0.2, 0.25) is 0 Å². The third kappa shape index (κ3) is 13.8. The summed E-state index contributed by atoms with van der Waals surface area (Å²) >= 11 is 0. The first-order valence-corrected chi connectivity index (χ1v) is 11.7. The molecule has 0 saturated heterocycles. The largest absolute Gasteiger partial charge is 0.153 e. The first-order valence-electron chi connectivity index (χ1n) is 11.7. The van der Waals surface area contributed by atoms with Crippen LogP contribution >= 0.6 is 9.90 Å². The van der Waals surface area contributed by atoms with Gasteiger partial charge in [-0.05, 0) is 53.7 Å². The lowest BCUT2D eigenvalue weighted by Gasteiger charge is -2.12. The van der Waals surface area contributed by atoms with Gasteiger partial charge in [0.1, 0.15) is 0 Å². The lowest BCUT2D eigenvalue weighted by Crippen LogP contribution is -1.91. The van der Waals surface area contributed by atoms with Crippen LogP contribution in [0.1, 0.15) is 65.5 Å². The van der Waals surface area contributed by atoms with Crippen LogP contribution in [0.5, 0.6) is 0 Å². The van der Waals surface area contributed by atoms with Gasteiger partial charge in [0.15, 0.2) is 0 Å². The molecule has 0 spiro atoms. The van der Waals surface area contributed by atoms with E-state index in [1.165, 1.54) is 34.2 Å². The summed E-state index contributed by atoms with van der Waals surface area (Å²) in [4.78, 5) is 0. The molecule has 32 heavy (non-hydrogen) atoms. The monoisotopic (exact) mass is 450 g/mol. The van der Waals surface area contributed by atoms with Crippen molar-refractivity contribution >= 4 is 15.5 Å². The van der Waals surface area contributed by atoms with Gasteiger partial charge in [-0.2, -0.15) is 9.90 Å². The van der Waals surface area contributed by atoms with E-state index in [0.717, 1.165) is 6.42 Å². The number of benzene rings is 2. The summed E-state index contributed by atoms with van der Waals surface area (Å²) < 4.78 is 0. The Labute approximate surface area is 203 Å². The highest BCUT2D eigenvalue weighted by Crippen LogP contribution is 2.29. The Bertz CT molecular complexity index is 782. The van der Waals surface area contributed by atoms with Crippen molar-refractivity contribution in [3.05, 3.63) is 115 Å². The minimum absolute atomic E-state index is 0. The first kappa shape index (κ1) is 34.2. The molecule has 0 amide bonds. The van der Waals surface area contributed by atoms with E-state index in [0.29, 0.717) is 0 Å². The number of hydrogen-bond acceptors (Lipinski definition) is 0. The quantitative estimate of drug-likeness (QED) is 0.321. The lowest BCUT2D eigenvalue weighted by atomic mass is 9.92. The molecule has 0 nitrogen and oxygen atoms in total. The molecule has 0 N–H and O–H groups in total. The van der Waals surface area contributed by atoms with Crippen LogP contribution in [0.15, 0.2) is 104 Å². The number of allylic oxidation sites excluding steroid dienone is 8. The fourth-order valence-electron chi connectivity index (χ4n) is 2.71. The van der Waals surface area contributed by atoms with Crippen LogP contribution in [-0.2, 0) is 0 Å². The minimum Gasteiger partial charge on any atom is -0.153 e. The zero-order valence-corrected chi connectivity index (χ0v) is 23.1. The van der Waals surface area contributed by atoms with E-state index in [2.05, 4.69) is 86.8 Å². The van der Waals surface area contributed by atoms with Crippen molar-refractivity contribution in [2.75, 3.05) is 0 Å². The third-order valence-electron chi connectivity index (χ3n) is 4.03. The zero-order valence-electron chi connectivity index (χ0n) is 21.7. The molecule has 1 aliphatic carbocycles. The van der Waals surface area contributed by atoms with E-state index in [1.54, 1.807) is 12.2 Å². The van der Waals surface area contributed by atoms with Crippen molar-refractivity contribution in [1.82, 2.24) is 0 Å². The fraction of sp³-hybridized carbons (Fsp3) is 0.290. The van der Waals surface area contributed by atoms with Crippen LogP contribution in [-0.4, -0.2) is 0 Å². The highest BCUT2D eigenvalue weighted by molar-refractivity contribution is 6.92. The van der Waals surface area contributed by atoms with E-state index in [1.807, 2.05) is 53.7 Å². The minimum atomic E-state index is 0. The number of rotatable bonds is 4. The predicted molar refractivity (Wildman–Crippen MR) is 158 cm³/mol. The molecule has 0 saturated carbocycles. The Morgan fingerprint density at radius 1 is 0.719 bits per heavy atom. The van der Waals surface area contributed by atoms with Gasteiger partial charge in [0.25, 0.3) is 0 Å². The molecular formula is C31H47P. The highest BCUT2D eigenvalue weighted by atomic mass is 31.0. The molecule has 0 aliphatic heterocycles. The molecule has 2 aromatic carbocycles. The molecule has 176 valence electrons. The molecule has 1 unspecified atom stereocenters. The van der Waals surface area contributed by atoms with Gasteiger partial charge >= 0.3 is 0 Å². The summed E-state index contributed by atoms with van der Waals surface area (Å²) in [5, 5.41) is 0. The van der Waals surface area contributed by atoms with E-state index in [9.17, 15) is 0 Å². The second-order valence-electron chi connectivity index (χ2n) is 5.89. The standard InChI is InChI=1S/C19H18.C6H8.3C2H6.H3P/c1-15-12-13-18(16-8-4-2-5-9-16)14-19(15)17-10-6-3-7-11-17;1-3-5-6-4-2;3*1-2;/h2,4-6,8-14H,3,7H2,1H3;3-6H,1-2H2;3*1-2H3;1H3/b;6-5-;;;;. The topological polar surface area (TPSA) is 0 Å². The molecule has 0 fully saturated rings. The van der Waals surface area contributed by atoms with Crippen LogP contribution in [0, 0.1) is 6.92 Å². The summed E-state index contributed by atoms with van der Waals surface area (Å²) in [5.41, 5.74) is 6.64. The van der Waals surface area contributed by atoms with E-state index in [4.69, 9.17) is 0 Å². The second-order valence-corrected chi connectivity index (χ2v) is 5.89. The van der Waals surface area contributed by atoms with Crippen LogP contribution in [0.4, 0.5) is 0 Å². The number of hydrogen-bond donors (Lipinski definition) is 0. The van der Waals surface area contributed by atoms with Crippen LogP contribution in [0.3, 0.4) is 0 Å². The van der Waals surface area contributed by atoms with Crippen molar-refractivity contribution in [2.45, 2.75) is 61.3 Å². The summed E-state index contributed by atoms with van der Waals surface area (Å²) in [6, 6.07) is 17.3. The van der Waals surface area contributed by atoms with Crippen LogP contribution < -0.4 is 0 Å². The molecule has 1 heteroatoms. The molecule has 3 rings (SSSR count). The average molecular weight is 451 g/mol. The Kier molecular flexibility index (Phi) is 26.5. The molecule has 0 aromatic heterocycles. The van der Waals surface area contributed by atoms with Gasteiger partial charge in [-0.1, -0.05) is 140 Å². The highest BCUT2D eigenvalue weighted by Gasteiger charge is 2.07. The number of aryl methyl sites for hydroxylation is 1. The van der Waals surface area contributed by atoms with Gasteiger partial charge in [-0.15, -0.1) is 0 Å². The molecule has 1 aliphatic rings. The summed E-state index contributed by atoms with van der Waals surface area (Å²) in [6.45, 7) is 21.1. The summed E-state index contributed by atoms with van der Waals surface area (Å²) in [7, 11) is 0. The Morgan fingerprint density at radius 2 is 1.28 bits per heavy atom. The van der Waals surface area contributed by atoms with Crippen molar-refractivity contribution in [3.8, 4) is 11.1 Å². The van der Waals surface area contributed by atoms with E-state index >= 15 is 0 Å². The maximum Gasteiger partial charge on any atom is -0.0152 e. The molecule has 2 aromatic rings. The average Bonchev–Trinajstić information content (AvgIpc) is 2.88. The van der Waals surface area contributed by atoms with Gasteiger partial charge < -0.3 is 0 Å². The summed E-state index contributed by atoms with van der Waals surface area (Å²) in [6.07, 6.45) is 16.3. The van der Waals surface area contributed by atoms with Gasteiger partial charge in [-0.25, -0.2) is 0 Å². The van der Waals surface area contributed by atoms with Crippen molar-refractivity contribution in [2.24, 2.45) is 0 Å². The zero-order chi connectivity index (χ0) is 23.9. The molecular weight excluding hydrogens is 403 g/mol. The van der Waals surface area contributed by atoms with Gasteiger partial charge in [0.2, 0.25) is 0 Å². The van der Waals surface area contributed by atoms with E-state index < -0.39 is 0 Å². The van der Waals surface area contributed by atoms with Gasteiger partial charge in [-0.3, -0.25) is 0 Å². The van der Waals surface area contributed by atoms with Crippen molar-refractivity contribution in [3.63, 3.8) is 0 Å². The Balaban J connectivity index is -0.000000553. The smallest absolute Gasteiger partial charge is 0.0152 e. The van der Waals surface area contributed by atoms with Crippen molar-refractivity contribution in [1.29, 1.82) is 0 Å². The molecule has 0 radical (unpaired) electrons. The predicted octanol–water partition coefficient (Wildman–Crippen LogP) is 10.4. The third-order valence-corrected chi connectivity index (χ3v) is 4.03. The van der Waals surface area contributed by atoms with Gasteiger partial charge in [0, 0.05) is 0 Å². The molecule has 0 bridgehead atoms. The second kappa shape index (κ2) is 24.8. The summed E-state index contributed by atoms with van der Waals surface area (Å²) in [5.74, 6) is 0. The SMILES string of the molecule is C=C/C=C\C=C.CC.CC.CC.Cc1ccc(-c2ccccc2)cc1C1=CCCC=C1.P.